The van der Waals surface area contributed by atoms with Crippen LogP contribution in [0.25, 0.3) is 0 Å². The van der Waals surface area contributed by atoms with E-state index in [2.05, 4.69) is 10.3 Å². The molecule has 1 aromatic heterocycles. The highest BCUT2D eigenvalue weighted by Gasteiger charge is 2.08. The van der Waals surface area contributed by atoms with Gasteiger partial charge in [-0.3, -0.25) is 0 Å². The summed E-state index contributed by atoms with van der Waals surface area (Å²) in [7, 11) is 1.76. The van der Waals surface area contributed by atoms with Gasteiger partial charge >= 0.3 is 0 Å². The van der Waals surface area contributed by atoms with E-state index in [1.54, 1.807) is 25.4 Å². The number of anilines is 1. The van der Waals surface area contributed by atoms with Crippen molar-refractivity contribution in [3.63, 3.8) is 0 Å². The summed E-state index contributed by atoms with van der Waals surface area (Å²) >= 11 is 0. The molecule has 0 bridgehead atoms. The lowest BCUT2D eigenvalue weighted by Crippen LogP contribution is -2.00. The largest absolute Gasteiger partial charge is 0.486 e. The quantitative estimate of drug-likeness (QED) is 0.905. The Morgan fingerprint density at radius 1 is 1.22 bits per heavy atom. The van der Waals surface area contributed by atoms with Crippen LogP contribution < -0.4 is 10.1 Å². The van der Waals surface area contributed by atoms with Gasteiger partial charge in [0.2, 0.25) is 5.82 Å². The minimum absolute atomic E-state index is 0.104. The smallest absolute Gasteiger partial charge is 0.200 e. The normalized spacial score (nSPS) is 10.2. The second kappa shape index (κ2) is 5.44. The van der Waals surface area contributed by atoms with Crippen molar-refractivity contribution in [1.29, 1.82) is 0 Å². The van der Waals surface area contributed by atoms with E-state index in [1.807, 2.05) is 0 Å². The van der Waals surface area contributed by atoms with E-state index >= 15 is 0 Å². The molecule has 1 aromatic carbocycles. The molecule has 1 N–H and O–H groups in total. The first-order chi connectivity index (χ1) is 8.70. The standard InChI is InChI=1S/C13H12F2N2O/c1-16-12-6-5-9(7-17-12)8-18-11-4-2-3-10(14)13(11)15/h2-7H,8H2,1H3,(H,16,17). The van der Waals surface area contributed by atoms with Crippen molar-refractivity contribution in [2.24, 2.45) is 0 Å². The van der Waals surface area contributed by atoms with Gasteiger partial charge in [0.15, 0.2) is 11.6 Å². The predicted octanol–water partition coefficient (Wildman–Crippen LogP) is 2.98. The molecule has 0 unspecified atom stereocenters. The Balaban J connectivity index is 2.04. The molecule has 0 saturated heterocycles. The third-order valence-corrected chi connectivity index (χ3v) is 2.39. The summed E-state index contributed by atoms with van der Waals surface area (Å²) in [6.07, 6.45) is 1.61. The van der Waals surface area contributed by atoms with Crippen LogP contribution in [-0.2, 0) is 6.61 Å². The maximum absolute atomic E-state index is 13.3. The van der Waals surface area contributed by atoms with E-state index in [-0.39, 0.29) is 12.4 Å². The molecule has 0 aliphatic heterocycles. The summed E-state index contributed by atoms with van der Waals surface area (Å²) in [4.78, 5) is 4.09. The summed E-state index contributed by atoms with van der Waals surface area (Å²) in [5, 5.41) is 2.88. The van der Waals surface area contributed by atoms with E-state index < -0.39 is 11.6 Å². The Morgan fingerprint density at radius 2 is 2.06 bits per heavy atom. The second-order valence-electron chi connectivity index (χ2n) is 3.64. The lowest BCUT2D eigenvalue weighted by molar-refractivity contribution is 0.284. The molecule has 5 heteroatoms. The monoisotopic (exact) mass is 250 g/mol. The molecule has 0 fully saturated rings. The Bertz CT molecular complexity index is 529. The first-order valence-electron chi connectivity index (χ1n) is 5.40. The first-order valence-corrected chi connectivity index (χ1v) is 5.40. The molecule has 0 amide bonds. The van der Waals surface area contributed by atoms with Crippen molar-refractivity contribution in [2.45, 2.75) is 6.61 Å². The molecule has 18 heavy (non-hydrogen) atoms. The van der Waals surface area contributed by atoms with Gasteiger partial charge in [-0.05, 0) is 18.2 Å². The molecule has 0 aliphatic rings. The van der Waals surface area contributed by atoms with E-state index in [0.717, 1.165) is 17.4 Å². The van der Waals surface area contributed by atoms with Crippen LogP contribution in [0.4, 0.5) is 14.6 Å². The summed E-state index contributed by atoms with van der Waals surface area (Å²) in [5.74, 6) is -1.27. The molecule has 2 aromatic rings. The Labute approximate surface area is 103 Å². The van der Waals surface area contributed by atoms with Crippen LogP contribution in [-0.4, -0.2) is 12.0 Å². The first kappa shape index (κ1) is 12.3. The topological polar surface area (TPSA) is 34.1 Å². The Morgan fingerprint density at radius 3 is 2.72 bits per heavy atom. The number of ether oxygens (including phenoxy) is 1. The number of nitrogens with one attached hydrogen (secondary N) is 1. The molecule has 0 atom stereocenters. The van der Waals surface area contributed by atoms with Crippen LogP contribution in [0.3, 0.4) is 0 Å². The van der Waals surface area contributed by atoms with Crippen LogP contribution >= 0.6 is 0 Å². The fraction of sp³-hybridized carbons (Fsp3) is 0.154. The number of hydrogen-bond acceptors (Lipinski definition) is 3. The van der Waals surface area contributed by atoms with Gasteiger partial charge in [-0.1, -0.05) is 12.1 Å². The molecule has 0 spiro atoms. The van der Waals surface area contributed by atoms with Gasteiger partial charge in [-0.25, -0.2) is 9.37 Å². The molecular weight excluding hydrogens is 238 g/mol. The summed E-state index contributed by atoms with van der Waals surface area (Å²) in [6.45, 7) is 0.136. The van der Waals surface area contributed by atoms with E-state index in [9.17, 15) is 8.78 Å². The Hall–Kier alpha value is -2.17. The van der Waals surface area contributed by atoms with E-state index in [1.165, 1.54) is 12.1 Å². The zero-order chi connectivity index (χ0) is 13.0. The third-order valence-electron chi connectivity index (χ3n) is 2.39. The van der Waals surface area contributed by atoms with Crippen molar-refractivity contribution in [3.05, 3.63) is 53.7 Å². The molecule has 0 saturated carbocycles. The van der Waals surface area contributed by atoms with Gasteiger partial charge in [-0.15, -0.1) is 0 Å². The maximum Gasteiger partial charge on any atom is 0.200 e. The van der Waals surface area contributed by atoms with Gasteiger partial charge < -0.3 is 10.1 Å². The van der Waals surface area contributed by atoms with Crippen molar-refractivity contribution in [2.75, 3.05) is 12.4 Å². The summed E-state index contributed by atoms with van der Waals surface area (Å²) in [6, 6.07) is 7.41. The number of halogens is 2. The number of nitrogens with zero attached hydrogens (tertiary/aromatic N) is 1. The lowest BCUT2D eigenvalue weighted by atomic mass is 10.3. The number of aromatic nitrogens is 1. The zero-order valence-electron chi connectivity index (χ0n) is 9.78. The molecule has 1 heterocycles. The minimum atomic E-state index is -0.975. The van der Waals surface area contributed by atoms with Gasteiger partial charge in [0.05, 0.1) is 0 Å². The lowest BCUT2D eigenvalue weighted by Gasteiger charge is -2.07. The van der Waals surface area contributed by atoms with Crippen molar-refractivity contribution >= 4 is 5.82 Å². The van der Waals surface area contributed by atoms with Gasteiger partial charge in [-0.2, -0.15) is 4.39 Å². The van der Waals surface area contributed by atoms with Gasteiger partial charge in [0.25, 0.3) is 0 Å². The molecule has 94 valence electrons. The predicted molar refractivity (Wildman–Crippen MR) is 64.5 cm³/mol. The van der Waals surface area contributed by atoms with Crippen LogP contribution in [0.15, 0.2) is 36.5 Å². The van der Waals surface area contributed by atoms with Crippen LogP contribution in [0, 0.1) is 11.6 Å². The molecule has 3 nitrogen and oxygen atoms in total. The summed E-state index contributed by atoms with van der Waals surface area (Å²) in [5.41, 5.74) is 0.776. The van der Waals surface area contributed by atoms with E-state index in [4.69, 9.17) is 4.74 Å². The van der Waals surface area contributed by atoms with Crippen LogP contribution in [0.5, 0.6) is 5.75 Å². The number of benzene rings is 1. The highest BCUT2D eigenvalue weighted by atomic mass is 19.2. The minimum Gasteiger partial charge on any atom is -0.486 e. The average Bonchev–Trinajstić information content (AvgIpc) is 2.41. The van der Waals surface area contributed by atoms with Crippen molar-refractivity contribution in [1.82, 2.24) is 4.98 Å². The van der Waals surface area contributed by atoms with Gasteiger partial charge in [0.1, 0.15) is 12.4 Å². The highest BCUT2D eigenvalue weighted by Crippen LogP contribution is 2.20. The van der Waals surface area contributed by atoms with Crippen LogP contribution in [0.1, 0.15) is 5.56 Å². The average molecular weight is 250 g/mol. The Kier molecular flexibility index (Phi) is 3.72. The number of rotatable bonds is 4. The molecule has 2 rings (SSSR count). The summed E-state index contributed by atoms with van der Waals surface area (Å²) < 4.78 is 31.4. The van der Waals surface area contributed by atoms with Crippen LogP contribution in [0.2, 0.25) is 0 Å². The fourth-order valence-electron chi connectivity index (χ4n) is 1.41. The molecule has 0 radical (unpaired) electrons. The fourth-order valence-corrected chi connectivity index (χ4v) is 1.41. The van der Waals surface area contributed by atoms with Gasteiger partial charge in [0, 0.05) is 18.8 Å². The molecule has 0 aliphatic carbocycles. The zero-order valence-corrected chi connectivity index (χ0v) is 9.78. The highest BCUT2D eigenvalue weighted by molar-refractivity contribution is 5.34. The SMILES string of the molecule is CNc1ccc(COc2cccc(F)c2F)cn1. The number of hydrogen-bond donors (Lipinski definition) is 1. The number of pyridine rings is 1. The molecular formula is C13H12F2N2O. The second-order valence-corrected chi connectivity index (χ2v) is 3.64. The maximum atomic E-state index is 13.3. The van der Waals surface area contributed by atoms with E-state index in [0.29, 0.717) is 0 Å². The third kappa shape index (κ3) is 2.74. The van der Waals surface area contributed by atoms with Crippen molar-refractivity contribution < 1.29 is 13.5 Å². The van der Waals surface area contributed by atoms with Crippen molar-refractivity contribution in [3.8, 4) is 5.75 Å².